The molecule has 1 heteroatoms. The van der Waals surface area contributed by atoms with Crippen molar-refractivity contribution in [2.24, 2.45) is 0 Å². The zero-order chi connectivity index (χ0) is 26.3. The van der Waals surface area contributed by atoms with Crippen LogP contribution in [-0.2, 0) is 11.8 Å². The van der Waals surface area contributed by atoms with E-state index < -0.39 is 0 Å². The van der Waals surface area contributed by atoms with Gasteiger partial charge in [0, 0.05) is 16.3 Å². The van der Waals surface area contributed by atoms with Gasteiger partial charge >= 0.3 is 0 Å². The summed E-state index contributed by atoms with van der Waals surface area (Å²) >= 11 is 0. The summed E-state index contributed by atoms with van der Waals surface area (Å²) in [6, 6.07) is 51.4. The smallest absolute Gasteiger partial charge is 0.0788 e. The van der Waals surface area contributed by atoms with Gasteiger partial charge in [-0.25, -0.2) is 4.98 Å². The Labute approximate surface area is 233 Å². The molecule has 0 atom stereocenters. The van der Waals surface area contributed by atoms with Crippen molar-refractivity contribution in [2.45, 2.75) is 11.8 Å². The van der Waals surface area contributed by atoms with Crippen LogP contribution in [0.25, 0.3) is 44.1 Å². The first kappa shape index (κ1) is 21.9. The number of benzene rings is 6. The minimum Gasteiger partial charge on any atom is -0.247 e. The van der Waals surface area contributed by atoms with E-state index in [1.54, 1.807) is 0 Å². The number of pyridine rings is 1. The molecule has 1 spiro atoms. The lowest BCUT2D eigenvalue weighted by Crippen LogP contribution is -2.34. The SMILES string of the molecule is c1ccc(-c2nc3ccccc3c3cc4c(cc23)Cc2ccccc2C42c3ccccc3-c3ccccc32)cc1. The largest absolute Gasteiger partial charge is 0.247 e. The Morgan fingerprint density at radius 2 is 1.07 bits per heavy atom. The van der Waals surface area contributed by atoms with Crippen LogP contribution in [0, 0.1) is 0 Å². The molecule has 7 aromatic rings. The molecule has 186 valence electrons. The summed E-state index contributed by atoms with van der Waals surface area (Å²) in [6.07, 6.45) is 0.911. The van der Waals surface area contributed by atoms with E-state index in [1.165, 1.54) is 60.7 Å². The molecule has 0 bridgehead atoms. The number of rotatable bonds is 1. The number of fused-ring (bicyclic) bond motifs is 12. The Morgan fingerprint density at radius 3 is 1.85 bits per heavy atom. The molecule has 9 rings (SSSR count). The monoisotopic (exact) mass is 507 g/mol. The highest BCUT2D eigenvalue weighted by molar-refractivity contribution is 6.12. The highest BCUT2D eigenvalue weighted by Gasteiger charge is 2.49. The molecule has 2 aliphatic rings. The van der Waals surface area contributed by atoms with Crippen LogP contribution in [0.4, 0.5) is 0 Å². The van der Waals surface area contributed by atoms with Gasteiger partial charge in [0.05, 0.1) is 16.6 Å². The first-order valence-corrected chi connectivity index (χ1v) is 14.0. The quantitative estimate of drug-likeness (QED) is 0.202. The first-order valence-electron chi connectivity index (χ1n) is 14.0. The first-order chi connectivity index (χ1) is 19.8. The zero-order valence-corrected chi connectivity index (χ0v) is 21.9. The van der Waals surface area contributed by atoms with Crippen LogP contribution < -0.4 is 0 Å². The summed E-state index contributed by atoms with van der Waals surface area (Å²) in [5.41, 5.74) is 13.9. The van der Waals surface area contributed by atoms with E-state index in [2.05, 4.69) is 140 Å². The average molecular weight is 508 g/mol. The standard InChI is InChI=1S/C39H25N/c1-2-12-25(13-3-1)38-32-23-27-22-26-14-4-8-18-33(26)39(36(27)24-31(32)30-17-7-11-21-37(30)40-38)34-19-9-5-15-28(34)29-16-6-10-20-35(29)39/h1-21,23-24H,22H2. The van der Waals surface area contributed by atoms with Gasteiger partial charge in [0.1, 0.15) is 0 Å². The zero-order valence-electron chi connectivity index (χ0n) is 21.9. The molecule has 6 aromatic carbocycles. The van der Waals surface area contributed by atoms with E-state index in [-0.39, 0.29) is 5.41 Å². The van der Waals surface area contributed by atoms with Gasteiger partial charge < -0.3 is 0 Å². The van der Waals surface area contributed by atoms with E-state index in [1.807, 2.05) is 0 Å². The molecule has 1 aromatic heterocycles. The second kappa shape index (κ2) is 8.00. The van der Waals surface area contributed by atoms with Crippen molar-refractivity contribution >= 4 is 21.7 Å². The Kier molecular flexibility index (Phi) is 4.38. The molecule has 0 fully saturated rings. The molecule has 2 aliphatic carbocycles. The summed E-state index contributed by atoms with van der Waals surface area (Å²) < 4.78 is 0. The Morgan fingerprint density at radius 1 is 0.450 bits per heavy atom. The molecular weight excluding hydrogens is 482 g/mol. The normalized spacial score (nSPS) is 14.1. The van der Waals surface area contributed by atoms with E-state index in [9.17, 15) is 0 Å². The molecule has 0 saturated carbocycles. The van der Waals surface area contributed by atoms with E-state index in [4.69, 9.17) is 4.98 Å². The third kappa shape index (κ3) is 2.74. The van der Waals surface area contributed by atoms with Gasteiger partial charge in [-0.3, -0.25) is 0 Å². The minimum absolute atomic E-state index is 0.358. The number of para-hydroxylation sites is 1. The van der Waals surface area contributed by atoms with Crippen LogP contribution in [0.15, 0.2) is 140 Å². The van der Waals surface area contributed by atoms with Crippen LogP contribution >= 0.6 is 0 Å². The second-order valence-corrected chi connectivity index (χ2v) is 11.1. The van der Waals surface area contributed by atoms with Gasteiger partial charge in [0.2, 0.25) is 0 Å². The summed E-state index contributed by atoms with van der Waals surface area (Å²) in [5.74, 6) is 0. The van der Waals surface area contributed by atoms with E-state index in [0.29, 0.717) is 0 Å². The van der Waals surface area contributed by atoms with Gasteiger partial charge in [-0.1, -0.05) is 121 Å². The maximum Gasteiger partial charge on any atom is 0.0788 e. The Bertz CT molecular complexity index is 2090. The topological polar surface area (TPSA) is 12.9 Å². The molecule has 1 nitrogen and oxygen atoms in total. The number of hydrogen-bond acceptors (Lipinski definition) is 1. The van der Waals surface area contributed by atoms with Gasteiger partial charge in [-0.15, -0.1) is 0 Å². The van der Waals surface area contributed by atoms with Gasteiger partial charge in [-0.2, -0.15) is 0 Å². The maximum atomic E-state index is 5.23. The lowest BCUT2D eigenvalue weighted by atomic mass is 9.61. The van der Waals surface area contributed by atoms with Crippen molar-refractivity contribution in [1.29, 1.82) is 0 Å². The molecular formula is C39H25N. The van der Waals surface area contributed by atoms with Gasteiger partial charge in [0.15, 0.2) is 0 Å². The lowest BCUT2D eigenvalue weighted by molar-refractivity contribution is 0.724. The maximum absolute atomic E-state index is 5.23. The third-order valence-electron chi connectivity index (χ3n) is 9.13. The summed E-state index contributed by atoms with van der Waals surface area (Å²) in [4.78, 5) is 5.23. The molecule has 0 radical (unpaired) electrons. The molecule has 1 heterocycles. The van der Waals surface area contributed by atoms with Crippen LogP contribution in [0.3, 0.4) is 0 Å². The number of aromatic nitrogens is 1. The number of hydrogen-bond donors (Lipinski definition) is 0. The summed E-state index contributed by atoms with van der Waals surface area (Å²) in [6.45, 7) is 0. The van der Waals surface area contributed by atoms with Crippen molar-refractivity contribution in [3.8, 4) is 22.4 Å². The van der Waals surface area contributed by atoms with E-state index in [0.717, 1.165) is 23.2 Å². The van der Waals surface area contributed by atoms with Crippen LogP contribution in [0.2, 0.25) is 0 Å². The van der Waals surface area contributed by atoms with Crippen molar-refractivity contribution in [2.75, 3.05) is 0 Å². The predicted octanol–water partition coefficient (Wildman–Crippen LogP) is 9.32. The summed E-state index contributed by atoms with van der Waals surface area (Å²) in [5, 5.41) is 3.69. The molecule has 40 heavy (non-hydrogen) atoms. The lowest BCUT2D eigenvalue weighted by Gasteiger charge is -2.40. The van der Waals surface area contributed by atoms with Gasteiger partial charge in [-0.05, 0) is 74.5 Å². The van der Waals surface area contributed by atoms with Crippen molar-refractivity contribution < 1.29 is 0 Å². The molecule has 0 saturated heterocycles. The van der Waals surface area contributed by atoms with Crippen LogP contribution in [-0.4, -0.2) is 4.98 Å². The van der Waals surface area contributed by atoms with Crippen LogP contribution in [0.1, 0.15) is 33.4 Å². The van der Waals surface area contributed by atoms with E-state index >= 15 is 0 Å². The Hall–Kier alpha value is -5.01. The minimum atomic E-state index is -0.358. The fourth-order valence-electron chi connectivity index (χ4n) is 7.56. The third-order valence-corrected chi connectivity index (χ3v) is 9.13. The van der Waals surface area contributed by atoms with Gasteiger partial charge in [0.25, 0.3) is 0 Å². The molecule has 0 aliphatic heterocycles. The van der Waals surface area contributed by atoms with Crippen molar-refractivity contribution in [3.63, 3.8) is 0 Å². The molecule has 0 N–H and O–H groups in total. The Balaban J connectivity index is 1.48. The van der Waals surface area contributed by atoms with Crippen molar-refractivity contribution in [1.82, 2.24) is 4.98 Å². The summed E-state index contributed by atoms with van der Waals surface area (Å²) in [7, 11) is 0. The number of nitrogens with zero attached hydrogens (tertiary/aromatic N) is 1. The molecule has 0 unspecified atom stereocenters. The van der Waals surface area contributed by atoms with Crippen LogP contribution in [0.5, 0.6) is 0 Å². The fourth-order valence-corrected chi connectivity index (χ4v) is 7.56. The van der Waals surface area contributed by atoms with Crippen molar-refractivity contribution in [3.05, 3.63) is 173 Å². The highest BCUT2D eigenvalue weighted by atomic mass is 14.7. The average Bonchev–Trinajstić information content (AvgIpc) is 3.31. The highest BCUT2D eigenvalue weighted by Crippen LogP contribution is 2.59. The molecule has 0 amide bonds. The fraction of sp³-hybridized carbons (Fsp3) is 0.0513. The predicted molar refractivity (Wildman–Crippen MR) is 165 cm³/mol. The second-order valence-electron chi connectivity index (χ2n) is 11.1.